The van der Waals surface area contributed by atoms with Crippen LogP contribution in [0.2, 0.25) is 0 Å². The van der Waals surface area contributed by atoms with Crippen LogP contribution in [0.25, 0.3) is 0 Å². The Bertz CT molecular complexity index is 1330. The van der Waals surface area contributed by atoms with Gasteiger partial charge in [0.05, 0.1) is 26.1 Å². The van der Waals surface area contributed by atoms with Crippen molar-refractivity contribution >= 4 is 17.7 Å². The van der Waals surface area contributed by atoms with Crippen molar-refractivity contribution in [3.8, 4) is 5.75 Å². The summed E-state index contributed by atoms with van der Waals surface area (Å²) < 4.78 is 7.21. The summed E-state index contributed by atoms with van der Waals surface area (Å²) in [5.74, 6) is 0.297. The van der Waals surface area contributed by atoms with E-state index in [2.05, 4.69) is 15.7 Å². The van der Waals surface area contributed by atoms with Crippen molar-refractivity contribution < 1.29 is 19.1 Å². The molecule has 3 amide bonds. The summed E-state index contributed by atoms with van der Waals surface area (Å²) >= 11 is 0. The lowest BCUT2D eigenvalue weighted by Crippen LogP contribution is -2.38. The fourth-order valence-corrected chi connectivity index (χ4v) is 4.99. The lowest BCUT2D eigenvalue weighted by Gasteiger charge is -2.29. The minimum Gasteiger partial charge on any atom is -0.497 e. The monoisotopic (exact) mass is 487 g/mol. The molecule has 2 aliphatic heterocycles. The molecule has 5 rings (SSSR count). The number of carbonyl (C=O) groups is 3. The van der Waals surface area contributed by atoms with Crippen LogP contribution in [0.15, 0.2) is 48.5 Å². The third kappa shape index (κ3) is 4.44. The van der Waals surface area contributed by atoms with Gasteiger partial charge < -0.3 is 20.3 Å². The Hall–Kier alpha value is -4.14. The Morgan fingerprint density at radius 2 is 2.03 bits per heavy atom. The molecule has 1 aromatic heterocycles. The first kappa shape index (κ1) is 23.6. The van der Waals surface area contributed by atoms with Crippen molar-refractivity contribution in [3.63, 3.8) is 0 Å². The fourth-order valence-electron chi connectivity index (χ4n) is 4.99. The third-order valence-electron chi connectivity index (χ3n) is 6.77. The van der Waals surface area contributed by atoms with Crippen molar-refractivity contribution in [1.29, 1.82) is 0 Å². The van der Waals surface area contributed by atoms with E-state index in [0.29, 0.717) is 43.9 Å². The number of nitrogens with one attached hydrogen (secondary N) is 2. The molecule has 0 saturated heterocycles. The molecule has 9 nitrogen and oxygen atoms in total. The number of nitrogens with zero attached hydrogens (tertiary/aromatic N) is 3. The molecule has 1 unspecified atom stereocenters. The largest absolute Gasteiger partial charge is 0.497 e. The highest BCUT2D eigenvalue weighted by Crippen LogP contribution is 2.30. The quantitative estimate of drug-likeness (QED) is 0.533. The minimum absolute atomic E-state index is 0.0648. The molecule has 9 heteroatoms. The topological polar surface area (TPSA) is 106 Å². The minimum atomic E-state index is -0.346. The van der Waals surface area contributed by atoms with Crippen molar-refractivity contribution in [2.45, 2.75) is 38.9 Å². The molecule has 3 aromatic rings. The molecule has 186 valence electrons. The van der Waals surface area contributed by atoms with Crippen LogP contribution in [0.4, 0.5) is 0 Å². The number of methoxy groups -OCH3 is 1. The maximum atomic E-state index is 13.3. The summed E-state index contributed by atoms with van der Waals surface area (Å²) in [7, 11) is 1.63. The molecule has 2 aromatic carbocycles. The first-order valence-electron chi connectivity index (χ1n) is 12.2. The number of amides is 3. The van der Waals surface area contributed by atoms with E-state index in [-0.39, 0.29) is 30.2 Å². The number of fused-ring (bicyclic) bond motifs is 2. The number of hydrogen-bond donors (Lipinski definition) is 2. The normalized spacial score (nSPS) is 16.2. The number of rotatable bonds is 7. The van der Waals surface area contributed by atoms with E-state index in [9.17, 15) is 14.4 Å². The maximum absolute atomic E-state index is 13.3. The van der Waals surface area contributed by atoms with Gasteiger partial charge in [0.2, 0.25) is 5.91 Å². The van der Waals surface area contributed by atoms with E-state index >= 15 is 0 Å². The second-order valence-electron chi connectivity index (χ2n) is 9.03. The van der Waals surface area contributed by atoms with E-state index in [0.717, 1.165) is 28.1 Å². The van der Waals surface area contributed by atoms with Crippen LogP contribution in [-0.2, 0) is 24.3 Å². The molecule has 1 atom stereocenters. The fraction of sp³-hybridized carbons (Fsp3) is 0.333. The number of benzene rings is 2. The van der Waals surface area contributed by atoms with Crippen molar-refractivity contribution in [3.05, 3.63) is 82.2 Å². The first-order chi connectivity index (χ1) is 17.5. The van der Waals surface area contributed by atoms with Crippen molar-refractivity contribution in [1.82, 2.24) is 25.3 Å². The van der Waals surface area contributed by atoms with Crippen LogP contribution in [-0.4, -0.2) is 52.6 Å². The zero-order valence-corrected chi connectivity index (χ0v) is 20.4. The van der Waals surface area contributed by atoms with Crippen LogP contribution in [0.5, 0.6) is 5.75 Å². The van der Waals surface area contributed by atoms with Crippen molar-refractivity contribution in [2.75, 3.05) is 20.2 Å². The van der Waals surface area contributed by atoms with Crippen LogP contribution < -0.4 is 15.4 Å². The van der Waals surface area contributed by atoms with Gasteiger partial charge in [-0.2, -0.15) is 5.10 Å². The predicted octanol–water partition coefficient (Wildman–Crippen LogP) is 2.45. The lowest BCUT2D eigenvalue weighted by molar-refractivity contribution is -0.132. The Labute approximate surface area is 209 Å². The molecule has 36 heavy (non-hydrogen) atoms. The molecular weight excluding hydrogens is 458 g/mol. The van der Waals surface area contributed by atoms with Gasteiger partial charge >= 0.3 is 0 Å². The molecular formula is C27H29N5O4. The molecule has 0 spiro atoms. The number of aromatic nitrogens is 2. The summed E-state index contributed by atoms with van der Waals surface area (Å²) in [5, 5.41) is 10.4. The van der Waals surface area contributed by atoms with E-state index in [1.165, 1.54) is 0 Å². The smallest absolute Gasteiger partial charge is 0.272 e. The SMILES string of the molecule is CCNC(=O)c1nn(Cc2cccc(OC)c2)c2c1CN(C(=O)CC1NC(=O)c3ccccc31)CC2. The van der Waals surface area contributed by atoms with Gasteiger partial charge in [0.25, 0.3) is 11.8 Å². The summed E-state index contributed by atoms with van der Waals surface area (Å²) in [5.41, 5.74) is 4.57. The van der Waals surface area contributed by atoms with Gasteiger partial charge in [-0.05, 0) is 36.2 Å². The molecule has 0 aliphatic carbocycles. The number of ether oxygens (including phenoxy) is 1. The summed E-state index contributed by atoms with van der Waals surface area (Å²) in [6.07, 6.45) is 0.761. The molecule has 2 aliphatic rings. The molecule has 2 N–H and O–H groups in total. The maximum Gasteiger partial charge on any atom is 0.272 e. The van der Waals surface area contributed by atoms with Gasteiger partial charge in [-0.25, -0.2) is 0 Å². The van der Waals surface area contributed by atoms with E-state index in [4.69, 9.17) is 4.74 Å². The third-order valence-corrected chi connectivity index (χ3v) is 6.77. The summed E-state index contributed by atoms with van der Waals surface area (Å²) in [4.78, 5) is 40.2. The van der Waals surface area contributed by atoms with E-state index < -0.39 is 0 Å². The zero-order chi connectivity index (χ0) is 25.2. The second kappa shape index (κ2) is 9.85. The lowest BCUT2D eigenvalue weighted by atomic mass is 10.00. The summed E-state index contributed by atoms with van der Waals surface area (Å²) in [6.45, 7) is 3.67. The van der Waals surface area contributed by atoms with E-state index in [1.807, 2.05) is 54.1 Å². The molecule has 0 radical (unpaired) electrons. The Morgan fingerprint density at radius 1 is 1.19 bits per heavy atom. The Morgan fingerprint density at radius 3 is 2.83 bits per heavy atom. The van der Waals surface area contributed by atoms with E-state index in [1.54, 1.807) is 18.1 Å². The number of hydrogen-bond acceptors (Lipinski definition) is 5. The number of carbonyl (C=O) groups excluding carboxylic acids is 3. The summed E-state index contributed by atoms with van der Waals surface area (Å²) in [6, 6.07) is 14.8. The van der Waals surface area contributed by atoms with Crippen LogP contribution >= 0.6 is 0 Å². The highest BCUT2D eigenvalue weighted by Gasteiger charge is 2.34. The Kier molecular flexibility index (Phi) is 6.45. The van der Waals surface area contributed by atoms with Gasteiger partial charge in [-0.1, -0.05) is 30.3 Å². The molecule has 0 bridgehead atoms. The standard InChI is InChI=1S/C27H29N5O4/c1-3-28-27(35)25-21-16-31(24(33)14-22-19-9-4-5-10-20(19)26(34)29-22)12-11-23(21)32(30-25)15-17-7-6-8-18(13-17)36-2/h4-10,13,22H,3,11-12,14-16H2,1-2H3,(H,28,35)(H,29,34). The Balaban J connectivity index is 1.38. The van der Waals surface area contributed by atoms with Crippen molar-refractivity contribution in [2.24, 2.45) is 0 Å². The predicted molar refractivity (Wildman–Crippen MR) is 133 cm³/mol. The van der Waals surface area contributed by atoms with Gasteiger partial charge in [0.15, 0.2) is 5.69 Å². The molecule has 0 saturated carbocycles. The highest BCUT2D eigenvalue weighted by atomic mass is 16.5. The molecule has 0 fully saturated rings. The highest BCUT2D eigenvalue weighted by molar-refractivity contribution is 5.99. The second-order valence-corrected chi connectivity index (χ2v) is 9.03. The zero-order valence-electron chi connectivity index (χ0n) is 20.4. The molecule has 3 heterocycles. The van der Waals surface area contributed by atoms with Crippen LogP contribution in [0.3, 0.4) is 0 Å². The van der Waals surface area contributed by atoms with Gasteiger partial charge in [-0.15, -0.1) is 0 Å². The first-order valence-corrected chi connectivity index (χ1v) is 12.2. The van der Waals surface area contributed by atoms with Gasteiger partial charge in [-0.3, -0.25) is 19.1 Å². The average molecular weight is 488 g/mol. The van der Waals surface area contributed by atoms with Crippen LogP contribution in [0.1, 0.15) is 62.6 Å². The van der Waals surface area contributed by atoms with Crippen LogP contribution in [0, 0.1) is 0 Å². The average Bonchev–Trinajstić information content (AvgIpc) is 3.41. The van der Waals surface area contributed by atoms with Gasteiger partial charge in [0.1, 0.15) is 5.75 Å². The van der Waals surface area contributed by atoms with Gasteiger partial charge in [0, 0.05) is 42.9 Å².